The van der Waals surface area contributed by atoms with Crippen molar-refractivity contribution in [3.63, 3.8) is 0 Å². The van der Waals surface area contributed by atoms with E-state index in [1.807, 2.05) is 66.7 Å². The Hall–Kier alpha value is -4.75. The maximum atomic E-state index is 14.4. The number of fused-ring (bicyclic) bond motifs is 2. The van der Waals surface area contributed by atoms with Crippen LogP contribution in [-0.4, -0.2) is 20.9 Å². The number of benzene rings is 2. The maximum absolute atomic E-state index is 14.4. The Labute approximate surface area is 227 Å². The normalized spacial score (nSPS) is 19.2. The van der Waals surface area contributed by atoms with E-state index in [1.165, 1.54) is 12.0 Å². The standard InChI is InChI=1S/C32H28N6O/c39-32-28(24-16-17-25-23(20-24)14-9-19-33-25)30(35-26-15-7-8-18-34-26)36-31-27(21-10-3-1-4-11-21)29(37-38(31)32)22-12-5-2-6-13-22/h2,5-10,12-20,29,36-37H,1,3-4,11H2,(H,34,35). The predicted octanol–water partition coefficient (Wildman–Crippen LogP) is 5.81. The van der Waals surface area contributed by atoms with Gasteiger partial charge in [-0.15, -0.1) is 0 Å². The lowest BCUT2D eigenvalue weighted by Gasteiger charge is -2.31. The summed E-state index contributed by atoms with van der Waals surface area (Å²) in [7, 11) is 0. The first kappa shape index (κ1) is 23.4. The summed E-state index contributed by atoms with van der Waals surface area (Å²) in [6.07, 6.45) is 10.2. The van der Waals surface area contributed by atoms with Gasteiger partial charge in [0.25, 0.3) is 5.91 Å². The molecule has 1 aliphatic carbocycles. The predicted molar refractivity (Wildman–Crippen MR) is 152 cm³/mol. The molecule has 7 rings (SSSR count). The molecule has 3 aliphatic rings. The molecule has 1 unspecified atom stereocenters. The largest absolute Gasteiger partial charge is 0.326 e. The number of allylic oxidation sites excluding steroid dienone is 1. The number of anilines is 1. The van der Waals surface area contributed by atoms with Crippen molar-refractivity contribution in [2.45, 2.75) is 31.7 Å². The van der Waals surface area contributed by atoms with Crippen molar-refractivity contribution in [3.8, 4) is 0 Å². The van der Waals surface area contributed by atoms with Gasteiger partial charge < -0.3 is 10.6 Å². The minimum absolute atomic E-state index is 0.127. The minimum Gasteiger partial charge on any atom is -0.326 e. The summed E-state index contributed by atoms with van der Waals surface area (Å²) in [6, 6.07) is 25.7. The molecule has 0 fully saturated rings. The molecule has 0 saturated carbocycles. The highest BCUT2D eigenvalue weighted by atomic mass is 16.2. The summed E-state index contributed by atoms with van der Waals surface area (Å²) < 4.78 is 0. The first-order chi connectivity index (χ1) is 19.3. The smallest absolute Gasteiger partial charge is 0.278 e. The highest BCUT2D eigenvalue weighted by molar-refractivity contribution is 6.22. The zero-order valence-corrected chi connectivity index (χ0v) is 21.4. The van der Waals surface area contributed by atoms with Gasteiger partial charge >= 0.3 is 0 Å². The number of carbonyl (C=O) groups excluding carboxylic acids is 1. The third kappa shape index (κ3) is 4.27. The zero-order valence-electron chi connectivity index (χ0n) is 21.4. The summed E-state index contributed by atoms with van der Waals surface area (Å²) in [5, 5.41) is 9.70. The van der Waals surface area contributed by atoms with Gasteiger partial charge in [-0.25, -0.2) is 15.4 Å². The fraction of sp³-hybridized carbons (Fsp3) is 0.156. The van der Waals surface area contributed by atoms with E-state index in [9.17, 15) is 4.79 Å². The van der Waals surface area contributed by atoms with Crippen molar-refractivity contribution in [1.29, 1.82) is 0 Å². The second-order valence-electron chi connectivity index (χ2n) is 9.98. The first-order valence-corrected chi connectivity index (χ1v) is 13.4. The summed E-state index contributed by atoms with van der Waals surface area (Å²) >= 11 is 0. The van der Waals surface area contributed by atoms with E-state index in [4.69, 9.17) is 0 Å². The molecule has 7 heteroatoms. The topological polar surface area (TPSA) is 82.2 Å². The second-order valence-corrected chi connectivity index (χ2v) is 9.98. The van der Waals surface area contributed by atoms with Gasteiger partial charge in [0.2, 0.25) is 0 Å². The Balaban J connectivity index is 1.40. The van der Waals surface area contributed by atoms with E-state index in [2.05, 4.69) is 44.2 Å². The van der Waals surface area contributed by atoms with Crippen LogP contribution < -0.4 is 16.1 Å². The number of hydrazine groups is 1. The van der Waals surface area contributed by atoms with E-state index >= 15 is 0 Å². The quantitative estimate of drug-likeness (QED) is 0.313. The van der Waals surface area contributed by atoms with Crippen LogP contribution in [-0.2, 0) is 4.79 Å². The molecule has 1 atom stereocenters. The molecule has 192 valence electrons. The van der Waals surface area contributed by atoms with Gasteiger partial charge in [-0.3, -0.25) is 9.78 Å². The molecule has 0 bridgehead atoms. The molecular weight excluding hydrogens is 484 g/mol. The number of hydrogen-bond donors (Lipinski definition) is 3. The van der Waals surface area contributed by atoms with Crippen LogP contribution in [0.25, 0.3) is 16.5 Å². The molecule has 2 aromatic heterocycles. The van der Waals surface area contributed by atoms with Crippen molar-refractivity contribution in [1.82, 2.24) is 25.7 Å². The summed E-state index contributed by atoms with van der Waals surface area (Å²) in [4.78, 5) is 23.3. The van der Waals surface area contributed by atoms with Gasteiger partial charge in [-0.05, 0) is 72.7 Å². The van der Waals surface area contributed by atoms with Gasteiger partial charge in [0.1, 0.15) is 17.5 Å². The third-order valence-electron chi connectivity index (χ3n) is 7.52. The van der Waals surface area contributed by atoms with Crippen LogP contribution >= 0.6 is 0 Å². The number of pyridine rings is 2. The van der Waals surface area contributed by atoms with E-state index < -0.39 is 0 Å². The SMILES string of the molecule is O=C1C(c2ccc3ncccc3c2)=C(Nc2ccccn2)NC2=C(C3=CCCCC3)C(c3ccccc3)NN12. The lowest BCUT2D eigenvalue weighted by molar-refractivity contribution is -0.126. The van der Waals surface area contributed by atoms with Crippen molar-refractivity contribution in [2.24, 2.45) is 0 Å². The number of aromatic nitrogens is 2. The van der Waals surface area contributed by atoms with E-state index in [0.29, 0.717) is 17.2 Å². The summed E-state index contributed by atoms with van der Waals surface area (Å²) in [6.45, 7) is 0. The summed E-state index contributed by atoms with van der Waals surface area (Å²) in [5.41, 5.74) is 9.29. The van der Waals surface area contributed by atoms with Crippen LogP contribution in [0.2, 0.25) is 0 Å². The fourth-order valence-corrected chi connectivity index (χ4v) is 5.66. The molecule has 0 spiro atoms. The van der Waals surface area contributed by atoms with Crippen LogP contribution in [0.5, 0.6) is 0 Å². The van der Waals surface area contributed by atoms with Gasteiger partial charge in [0.05, 0.1) is 17.1 Å². The molecule has 4 heterocycles. The number of rotatable bonds is 5. The number of carbonyl (C=O) groups is 1. The molecule has 3 N–H and O–H groups in total. The van der Waals surface area contributed by atoms with Crippen LogP contribution in [0.4, 0.5) is 5.82 Å². The highest BCUT2D eigenvalue weighted by Crippen LogP contribution is 2.42. The fourth-order valence-electron chi connectivity index (χ4n) is 5.66. The zero-order chi connectivity index (χ0) is 26.2. The second kappa shape index (κ2) is 9.85. The monoisotopic (exact) mass is 512 g/mol. The van der Waals surface area contributed by atoms with Gasteiger partial charge in [-0.2, -0.15) is 0 Å². The molecule has 7 nitrogen and oxygen atoms in total. The molecule has 1 amide bonds. The lowest BCUT2D eigenvalue weighted by atomic mass is 9.87. The Kier molecular flexibility index (Phi) is 5.90. The Morgan fingerprint density at radius 3 is 2.59 bits per heavy atom. The van der Waals surface area contributed by atoms with Crippen LogP contribution in [0.1, 0.15) is 42.9 Å². The Morgan fingerprint density at radius 1 is 0.897 bits per heavy atom. The number of nitrogens with zero attached hydrogens (tertiary/aromatic N) is 3. The number of hydrogen-bond acceptors (Lipinski definition) is 6. The molecule has 0 saturated heterocycles. The van der Waals surface area contributed by atoms with Crippen LogP contribution in [0.15, 0.2) is 120 Å². The van der Waals surface area contributed by atoms with E-state index in [0.717, 1.165) is 52.7 Å². The minimum atomic E-state index is -0.141. The van der Waals surface area contributed by atoms with E-state index in [-0.39, 0.29) is 11.9 Å². The average molecular weight is 513 g/mol. The lowest BCUT2D eigenvalue weighted by Crippen LogP contribution is -2.47. The Morgan fingerprint density at radius 2 is 1.77 bits per heavy atom. The molecule has 4 aromatic rings. The maximum Gasteiger partial charge on any atom is 0.278 e. The van der Waals surface area contributed by atoms with Crippen LogP contribution in [0.3, 0.4) is 0 Å². The molecular formula is C32H28N6O. The van der Waals surface area contributed by atoms with Crippen molar-refractivity contribution >= 4 is 28.2 Å². The van der Waals surface area contributed by atoms with Crippen molar-refractivity contribution in [2.75, 3.05) is 5.32 Å². The van der Waals surface area contributed by atoms with Gasteiger partial charge in [0.15, 0.2) is 0 Å². The molecule has 2 aromatic carbocycles. The molecule has 2 aliphatic heterocycles. The summed E-state index contributed by atoms with van der Waals surface area (Å²) in [5.74, 6) is 1.91. The van der Waals surface area contributed by atoms with E-state index in [1.54, 1.807) is 17.4 Å². The number of nitrogens with one attached hydrogen (secondary N) is 3. The average Bonchev–Trinajstić information content (AvgIpc) is 3.38. The molecule has 0 radical (unpaired) electrons. The van der Waals surface area contributed by atoms with Crippen LogP contribution in [0, 0.1) is 0 Å². The van der Waals surface area contributed by atoms with Crippen molar-refractivity contribution in [3.05, 3.63) is 131 Å². The Bertz CT molecular complexity index is 1660. The van der Waals surface area contributed by atoms with Gasteiger partial charge in [-0.1, -0.05) is 54.6 Å². The number of amides is 1. The van der Waals surface area contributed by atoms with Crippen molar-refractivity contribution < 1.29 is 4.79 Å². The first-order valence-electron chi connectivity index (χ1n) is 13.4. The highest BCUT2D eigenvalue weighted by Gasteiger charge is 2.42. The molecule has 39 heavy (non-hydrogen) atoms. The van der Waals surface area contributed by atoms with Gasteiger partial charge in [0, 0.05) is 23.4 Å². The third-order valence-corrected chi connectivity index (χ3v) is 7.52.